The van der Waals surface area contributed by atoms with Crippen LogP contribution in [0.5, 0.6) is 0 Å². The lowest BCUT2D eigenvalue weighted by Crippen LogP contribution is -2.41. The first-order valence-electron chi connectivity index (χ1n) is 6.57. The molecule has 1 saturated heterocycles. The topological polar surface area (TPSA) is 74.7 Å². The Bertz CT molecular complexity index is 424. The molecule has 1 aliphatic rings. The minimum atomic E-state index is -0.322. The van der Waals surface area contributed by atoms with Gasteiger partial charge in [-0.3, -0.25) is 15.1 Å². The van der Waals surface area contributed by atoms with E-state index < -0.39 is 0 Å². The minimum Gasteiger partial charge on any atom is -0.467 e. The van der Waals surface area contributed by atoms with Crippen LogP contribution >= 0.6 is 0 Å². The van der Waals surface area contributed by atoms with Crippen molar-refractivity contribution in [3.05, 3.63) is 23.7 Å². The highest BCUT2D eigenvalue weighted by Crippen LogP contribution is 2.17. The molecule has 1 aliphatic heterocycles. The van der Waals surface area contributed by atoms with Crippen LogP contribution in [0.4, 0.5) is 0 Å². The van der Waals surface area contributed by atoms with Crippen LogP contribution < -0.4 is 11.3 Å². The average Bonchev–Trinajstić information content (AvgIpc) is 2.87. The van der Waals surface area contributed by atoms with Gasteiger partial charge in [0.15, 0.2) is 0 Å². The molecule has 0 spiro atoms. The van der Waals surface area contributed by atoms with Gasteiger partial charge in [-0.2, -0.15) is 0 Å². The van der Waals surface area contributed by atoms with Gasteiger partial charge in [0.2, 0.25) is 0 Å². The van der Waals surface area contributed by atoms with Crippen LogP contribution in [0.15, 0.2) is 16.7 Å². The van der Waals surface area contributed by atoms with Crippen LogP contribution in [0.3, 0.4) is 0 Å². The number of piperidine rings is 1. The number of hydrogen-bond acceptors (Lipinski definition) is 5. The maximum Gasteiger partial charge on any atom is 0.268 e. The molecule has 1 aromatic rings. The molecule has 6 heteroatoms. The molecule has 0 radical (unpaired) electrons. The van der Waals surface area contributed by atoms with Gasteiger partial charge in [-0.25, -0.2) is 5.84 Å². The van der Waals surface area contributed by atoms with Crippen molar-refractivity contribution in [1.29, 1.82) is 0 Å². The Balaban J connectivity index is 1.89. The molecule has 1 amide bonds. The van der Waals surface area contributed by atoms with Crippen molar-refractivity contribution in [2.24, 2.45) is 5.84 Å². The number of hydrazine groups is 1. The molecule has 0 bridgehead atoms. The van der Waals surface area contributed by atoms with Gasteiger partial charge in [0, 0.05) is 6.04 Å². The summed E-state index contributed by atoms with van der Waals surface area (Å²) in [5.41, 5.74) is 2.57. The molecular formula is C13H22N4O2. The first-order valence-corrected chi connectivity index (χ1v) is 6.57. The van der Waals surface area contributed by atoms with Crippen molar-refractivity contribution < 1.29 is 9.21 Å². The molecule has 0 aromatic carbocycles. The fourth-order valence-electron chi connectivity index (χ4n) is 2.48. The fourth-order valence-corrected chi connectivity index (χ4v) is 2.48. The van der Waals surface area contributed by atoms with Gasteiger partial charge in [0.1, 0.15) is 12.0 Å². The van der Waals surface area contributed by atoms with Crippen LogP contribution in [-0.4, -0.2) is 48.9 Å². The van der Waals surface area contributed by atoms with E-state index in [1.807, 2.05) is 0 Å². The Kier molecular flexibility index (Phi) is 4.57. The van der Waals surface area contributed by atoms with Crippen molar-refractivity contribution in [2.75, 3.05) is 27.2 Å². The van der Waals surface area contributed by atoms with Crippen LogP contribution in [-0.2, 0) is 6.54 Å². The number of carbonyl (C=O) groups is 1. The van der Waals surface area contributed by atoms with Crippen LogP contribution in [0.25, 0.3) is 0 Å². The number of nitrogens with two attached hydrogens (primary N) is 1. The summed E-state index contributed by atoms with van der Waals surface area (Å²) in [6.45, 7) is 2.98. The van der Waals surface area contributed by atoms with Crippen LogP contribution in [0, 0.1) is 0 Å². The van der Waals surface area contributed by atoms with E-state index in [1.54, 1.807) is 6.07 Å². The third kappa shape index (κ3) is 3.56. The molecule has 2 rings (SSSR count). The molecule has 0 unspecified atom stereocenters. The smallest absolute Gasteiger partial charge is 0.268 e. The van der Waals surface area contributed by atoms with Crippen molar-refractivity contribution in [2.45, 2.75) is 25.4 Å². The summed E-state index contributed by atoms with van der Waals surface area (Å²) in [4.78, 5) is 16.0. The molecule has 0 atom stereocenters. The highest BCUT2D eigenvalue weighted by Gasteiger charge is 2.21. The lowest BCUT2D eigenvalue weighted by molar-refractivity contribution is 0.0953. The van der Waals surface area contributed by atoms with Crippen molar-refractivity contribution >= 4 is 5.91 Å². The lowest BCUT2D eigenvalue weighted by atomic mass is 10.0. The second kappa shape index (κ2) is 6.18. The average molecular weight is 266 g/mol. The number of nitrogens with one attached hydrogen (secondary N) is 1. The number of likely N-dealkylation sites (tertiary alicyclic amines) is 1. The first-order chi connectivity index (χ1) is 9.10. The van der Waals surface area contributed by atoms with E-state index in [9.17, 15) is 4.79 Å². The molecular weight excluding hydrogens is 244 g/mol. The van der Waals surface area contributed by atoms with Crippen LogP contribution in [0.1, 0.15) is 29.0 Å². The van der Waals surface area contributed by atoms with Gasteiger partial charge in [-0.05, 0) is 46.1 Å². The minimum absolute atomic E-state index is 0.322. The number of nitrogens with zero attached hydrogens (tertiary/aromatic N) is 2. The predicted octanol–water partition coefficient (Wildman–Crippen LogP) is 0.409. The van der Waals surface area contributed by atoms with Gasteiger partial charge in [0.05, 0.1) is 12.1 Å². The molecule has 3 N–H and O–H groups in total. The van der Waals surface area contributed by atoms with Crippen LogP contribution in [0.2, 0.25) is 0 Å². The van der Waals surface area contributed by atoms with E-state index in [0.717, 1.165) is 18.8 Å². The molecule has 0 saturated carbocycles. The SMILES string of the molecule is CN1CCC(N(C)Cc2cc(C(=O)NN)co2)CC1. The first kappa shape index (κ1) is 14.0. The maximum absolute atomic E-state index is 11.3. The van der Waals surface area contributed by atoms with Gasteiger partial charge in [-0.15, -0.1) is 0 Å². The molecule has 1 fully saturated rings. The molecule has 2 heterocycles. The van der Waals surface area contributed by atoms with E-state index in [4.69, 9.17) is 10.3 Å². The molecule has 6 nitrogen and oxygen atoms in total. The molecule has 19 heavy (non-hydrogen) atoms. The molecule has 0 aliphatic carbocycles. The Morgan fingerprint density at radius 2 is 2.26 bits per heavy atom. The Labute approximate surface area is 113 Å². The van der Waals surface area contributed by atoms with Crippen molar-refractivity contribution in [1.82, 2.24) is 15.2 Å². The number of hydrogen-bond donors (Lipinski definition) is 2. The highest BCUT2D eigenvalue weighted by atomic mass is 16.3. The number of nitrogen functional groups attached to an aromatic ring is 1. The van der Waals surface area contributed by atoms with E-state index in [-0.39, 0.29) is 5.91 Å². The van der Waals surface area contributed by atoms with Crippen molar-refractivity contribution in [3.63, 3.8) is 0 Å². The van der Waals surface area contributed by atoms with E-state index in [1.165, 1.54) is 19.1 Å². The zero-order valence-electron chi connectivity index (χ0n) is 11.6. The van der Waals surface area contributed by atoms with E-state index in [0.29, 0.717) is 18.2 Å². The highest BCUT2D eigenvalue weighted by molar-refractivity contribution is 5.93. The Morgan fingerprint density at radius 1 is 1.58 bits per heavy atom. The second-order valence-corrected chi connectivity index (χ2v) is 5.22. The fraction of sp³-hybridized carbons (Fsp3) is 0.615. The molecule has 106 valence electrons. The predicted molar refractivity (Wildman–Crippen MR) is 72.3 cm³/mol. The normalized spacial score (nSPS) is 17.9. The second-order valence-electron chi connectivity index (χ2n) is 5.22. The summed E-state index contributed by atoms with van der Waals surface area (Å²) < 4.78 is 5.40. The Hall–Kier alpha value is -1.37. The summed E-state index contributed by atoms with van der Waals surface area (Å²) in [6.07, 6.45) is 3.79. The Morgan fingerprint density at radius 3 is 2.89 bits per heavy atom. The van der Waals surface area contributed by atoms with E-state index in [2.05, 4.69) is 29.3 Å². The van der Waals surface area contributed by atoms with E-state index >= 15 is 0 Å². The van der Waals surface area contributed by atoms with Gasteiger partial charge < -0.3 is 9.32 Å². The largest absolute Gasteiger partial charge is 0.467 e. The summed E-state index contributed by atoms with van der Waals surface area (Å²) in [5, 5.41) is 0. The third-order valence-corrected chi connectivity index (χ3v) is 3.76. The lowest BCUT2D eigenvalue weighted by Gasteiger charge is -2.34. The number of carbonyl (C=O) groups excluding carboxylic acids is 1. The van der Waals surface area contributed by atoms with Gasteiger partial charge in [-0.1, -0.05) is 0 Å². The quantitative estimate of drug-likeness (QED) is 0.469. The van der Waals surface area contributed by atoms with Gasteiger partial charge >= 0.3 is 0 Å². The van der Waals surface area contributed by atoms with Gasteiger partial charge in [0.25, 0.3) is 5.91 Å². The summed E-state index contributed by atoms with van der Waals surface area (Å²) >= 11 is 0. The zero-order chi connectivity index (χ0) is 13.8. The number of rotatable bonds is 4. The zero-order valence-corrected chi connectivity index (χ0v) is 11.6. The molecule has 1 aromatic heterocycles. The van der Waals surface area contributed by atoms with Crippen molar-refractivity contribution in [3.8, 4) is 0 Å². The third-order valence-electron chi connectivity index (χ3n) is 3.76. The monoisotopic (exact) mass is 266 g/mol. The summed E-state index contributed by atoms with van der Waals surface area (Å²) in [6, 6.07) is 2.32. The maximum atomic E-state index is 11.3. The number of amides is 1. The number of furan rings is 1. The standard InChI is InChI=1S/C13H22N4O2/c1-16-5-3-11(4-6-16)17(2)8-12-7-10(9-19-12)13(18)15-14/h7,9,11H,3-6,8,14H2,1-2H3,(H,15,18). The summed E-state index contributed by atoms with van der Waals surface area (Å²) in [7, 11) is 4.25. The summed E-state index contributed by atoms with van der Waals surface area (Å²) in [5.74, 6) is 5.56.